The van der Waals surface area contributed by atoms with Gasteiger partial charge in [0.05, 0.1) is 5.69 Å². The molecular formula is C23H21ClN2O3. The summed E-state index contributed by atoms with van der Waals surface area (Å²) in [7, 11) is 0. The lowest BCUT2D eigenvalue weighted by Gasteiger charge is -2.24. The molecule has 6 heteroatoms. The van der Waals surface area contributed by atoms with Crippen LogP contribution in [0.25, 0.3) is 22.4 Å². The largest absolute Gasteiger partial charge is 0.507 e. The molecule has 0 saturated carbocycles. The molecule has 5 rings (SSSR count). The van der Waals surface area contributed by atoms with Crippen molar-refractivity contribution in [3.05, 3.63) is 53.6 Å². The van der Waals surface area contributed by atoms with Crippen molar-refractivity contribution in [3.8, 4) is 39.6 Å². The third-order valence-corrected chi connectivity index (χ3v) is 5.83. The molecular weight excluding hydrogens is 388 g/mol. The van der Waals surface area contributed by atoms with Crippen LogP contribution in [-0.4, -0.2) is 29.5 Å². The number of phenols is 1. The Hall–Kier alpha value is -2.92. The molecule has 1 atom stereocenters. The summed E-state index contributed by atoms with van der Waals surface area (Å²) in [4.78, 5) is 7.21. The minimum absolute atomic E-state index is 0.158. The molecule has 1 saturated heterocycles. The van der Waals surface area contributed by atoms with Gasteiger partial charge >= 0.3 is 0 Å². The maximum Gasteiger partial charge on any atom is 0.231 e. The molecule has 2 aromatic carbocycles. The van der Waals surface area contributed by atoms with Crippen molar-refractivity contribution in [1.82, 2.24) is 4.98 Å². The van der Waals surface area contributed by atoms with Gasteiger partial charge in [0.15, 0.2) is 11.5 Å². The number of anilines is 1. The summed E-state index contributed by atoms with van der Waals surface area (Å²) in [5, 5.41) is 11.0. The van der Waals surface area contributed by atoms with E-state index < -0.39 is 0 Å². The summed E-state index contributed by atoms with van der Waals surface area (Å²) in [6.45, 7) is 3.44. The van der Waals surface area contributed by atoms with Gasteiger partial charge in [-0.25, -0.2) is 4.98 Å². The molecule has 1 fully saturated rings. The van der Waals surface area contributed by atoms with Gasteiger partial charge in [0.1, 0.15) is 11.6 Å². The molecule has 2 aliphatic heterocycles. The molecule has 29 heavy (non-hydrogen) atoms. The summed E-state index contributed by atoms with van der Waals surface area (Å²) < 4.78 is 11.0. The first-order chi connectivity index (χ1) is 14.1. The van der Waals surface area contributed by atoms with Crippen molar-refractivity contribution in [2.24, 2.45) is 0 Å². The molecule has 0 spiro atoms. The number of rotatable bonds is 3. The van der Waals surface area contributed by atoms with Crippen LogP contribution in [0.3, 0.4) is 0 Å². The van der Waals surface area contributed by atoms with Crippen LogP contribution in [0, 0.1) is 0 Å². The predicted molar refractivity (Wildman–Crippen MR) is 114 cm³/mol. The van der Waals surface area contributed by atoms with Crippen LogP contribution in [0.1, 0.15) is 19.8 Å². The van der Waals surface area contributed by atoms with Gasteiger partial charge in [-0.2, -0.15) is 0 Å². The van der Waals surface area contributed by atoms with Gasteiger partial charge in [-0.1, -0.05) is 17.7 Å². The second-order valence-electron chi connectivity index (χ2n) is 7.51. The number of ether oxygens (including phenoxy) is 2. The predicted octanol–water partition coefficient (Wildman–Crippen LogP) is 5.49. The summed E-state index contributed by atoms with van der Waals surface area (Å²) in [6, 6.07) is 15.5. The Morgan fingerprint density at radius 1 is 1.03 bits per heavy atom. The number of aromatic hydroxyl groups is 1. The molecule has 1 N–H and O–H groups in total. The van der Waals surface area contributed by atoms with Crippen molar-refractivity contribution in [1.29, 1.82) is 0 Å². The molecule has 3 aromatic rings. The zero-order valence-corrected chi connectivity index (χ0v) is 16.8. The van der Waals surface area contributed by atoms with Crippen molar-refractivity contribution in [2.45, 2.75) is 25.8 Å². The zero-order valence-electron chi connectivity index (χ0n) is 16.1. The van der Waals surface area contributed by atoms with Crippen molar-refractivity contribution in [2.75, 3.05) is 18.2 Å². The van der Waals surface area contributed by atoms with E-state index in [0.29, 0.717) is 22.3 Å². The van der Waals surface area contributed by atoms with Crippen LogP contribution < -0.4 is 14.4 Å². The first-order valence-corrected chi connectivity index (χ1v) is 10.1. The maximum absolute atomic E-state index is 10.4. The van der Waals surface area contributed by atoms with E-state index in [-0.39, 0.29) is 12.5 Å². The fourth-order valence-corrected chi connectivity index (χ4v) is 4.20. The van der Waals surface area contributed by atoms with Crippen LogP contribution in [-0.2, 0) is 0 Å². The second-order valence-corrected chi connectivity index (χ2v) is 7.95. The van der Waals surface area contributed by atoms with E-state index >= 15 is 0 Å². The van der Waals surface area contributed by atoms with Gasteiger partial charge in [0, 0.05) is 23.2 Å². The molecule has 0 amide bonds. The standard InChI is InChI=1S/C23H21ClN2O3/c1-14-3-2-8-26(14)23-11-16(15-4-7-21-22(10-15)29-13-28-21)9-19(25-23)18-12-17(24)5-6-20(18)27/h4-7,9-12,14,27H,2-3,8,13H2,1H3. The third-order valence-electron chi connectivity index (χ3n) is 5.60. The van der Waals surface area contributed by atoms with Gasteiger partial charge in [-0.05, 0) is 73.4 Å². The number of aromatic nitrogens is 1. The number of phenolic OH excluding ortho intramolecular Hbond substituents is 1. The summed E-state index contributed by atoms with van der Waals surface area (Å²) >= 11 is 6.20. The Morgan fingerprint density at radius 3 is 2.72 bits per heavy atom. The highest BCUT2D eigenvalue weighted by atomic mass is 35.5. The number of halogens is 1. The lowest BCUT2D eigenvalue weighted by Crippen LogP contribution is -2.27. The monoisotopic (exact) mass is 408 g/mol. The Balaban J connectivity index is 1.67. The van der Waals surface area contributed by atoms with Crippen LogP contribution >= 0.6 is 11.6 Å². The van der Waals surface area contributed by atoms with Crippen LogP contribution in [0.15, 0.2) is 48.5 Å². The Morgan fingerprint density at radius 2 is 1.90 bits per heavy atom. The minimum atomic E-state index is 0.158. The van der Waals surface area contributed by atoms with Crippen LogP contribution in [0.4, 0.5) is 5.82 Å². The molecule has 0 bridgehead atoms. The minimum Gasteiger partial charge on any atom is -0.507 e. The molecule has 2 aliphatic rings. The quantitative estimate of drug-likeness (QED) is 0.620. The molecule has 0 aliphatic carbocycles. The van der Waals surface area contributed by atoms with Gasteiger partial charge in [0.25, 0.3) is 0 Å². The molecule has 5 nitrogen and oxygen atoms in total. The highest BCUT2D eigenvalue weighted by Gasteiger charge is 2.23. The zero-order chi connectivity index (χ0) is 20.0. The Labute approximate surface area is 174 Å². The number of nitrogens with zero attached hydrogens (tertiary/aromatic N) is 2. The third kappa shape index (κ3) is 3.36. The van der Waals surface area contributed by atoms with E-state index in [4.69, 9.17) is 26.1 Å². The first kappa shape index (κ1) is 18.1. The van der Waals surface area contributed by atoms with Gasteiger partial charge in [-0.3, -0.25) is 0 Å². The van der Waals surface area contributed by atoms with E-state index in [0.717, 1.165) is 47.8 Å². The van der Waals surface area contributed by atoms with E-state index in [1.807, 2.05) is 24.3 Å². The number of fused-ring (bicyclic) bond motifs is 1. The van der Waals surface area contributed by atoms with Crippen molar-refractivity contribution in [3.63, 3.8) is 0 Å². The Bertz CT molecular complexity index is 1090. The van der Waals surface area contributed by atoms with Crippen LogP contribution in [0.2, 0.25) is 5.02 Å². The van der Waals surface area contributed by atoms with Crippen molar-refractivity contribution >= 4 is 17.4 Å². The average molecular weight is 409 g/mol. The topological polar surface area (TPSA) is 54.8 Å². The fourth-order valence-electron chi connectivity index (χ4n) is 4.03. The van der Waals surface area contributed by atoms with Gasteiger partial charge < -0.3 is 19.5 Å². The first-order valence-electron chi connectivity index (χ1n) is 9.76. The van der Waals surface area contributed by atoms with Crippen LogP contribution in [0.5, 0.6) is 17.2 Å². The molecule has 3 heterocycles. The number of hydrogen-bond acceptors (Lipinski definition) is 5. The molecule has 148 valence electrons. The maximum atomic E-state index is 10.4. The Kier molecular flexibility index (Phi) is 4.47. The van der Waals surface area contributed by atoms with E-state index in [1.54, 1.807) is 18.2 Å². The number of hydrogen-bond donors (Lipinski definition) is 1. The normalized spacial score (nSPS) is 17.7. The van der Waals surface area contributed by atoms with E-state index in [9.17, 15) is 5.11 Å². The number of pyridine rings is 1. The SMILES string of the molecule is CC1CCCN1c1cc(-c2ccc3c(c2)OCO3)cc(-c2cc(Cl)ccc2O)n1. The fraction of sp³-hybridized carbons (Fsp3) is 0.261. The van der Waals surface area contributed by atoms with Gasteiger partial charge in [0.2, 0.25) is 6.79 Å². The summed E-state index contributed by atoms with van der Waals surface area (Å²) in [5.74, 6) is 2.55. The second kappa shape index (κ2) is 7.16. The lowest BCUT2D eigenvalue weighted by molar-refractivity contribution is 0.174. The van der Waals surface area contributed by atoms with E-state index in [2.05, 4.69) is 17.9 Å². The smallest absolute Gasteiger partial charge is 0.231 e. The van der Waals surface area contributed by atoms with E-state index in [1.165, 1.54) is 0 Å². The number of benzene rings is 2. The van der Waals surface area contributed by atoms with Gasteiger partial charge in [-0.15, -0.1) is 0 Å². The lowest BCUT2D eigenvalue weighted by atomic mass is 10.0. The molecule has 1 aromatic heterocycles. The molecule has 1 unspecified atom stereocenters. The summed E-state index contributed by atoms with van der Waals surface area (Å²) in [5.41, 5.74) is 3.32. The highest BCUT2D eigenvalue weighted by Crippen LogP contribution is 2.39. The highest BCUT2D eigenvalue weighted by molar-refractivity contribution is 6.31. The molecule has 0 radical (unpaired) electrons. The summed E-state index contributed by atoms with van der Waals surface area (Å²) in [6.07, 6.45) is 2.29. The van der Waals surface area contributed by atoms with Crippen molar-refractivity contribution < 1.29 is 14.6 Å². The average Bonchev–Trinajstić information content (AvgIpc) is 3.37.